The molecule has 2 heteroatoms. The highest BCUT2D eigenvalue weighted by atomic mass is 15.2. The molecule has 0 atom stereocenters. The van der Waals surface area contributed by atoms with Crippen LogP contribution in [0, 0.1) is 0 Å². The van der Waals surface area contributed by atoms with E-state index in [1.807, 2.05) is 56.3 Å². The molecule has 0 aliphatic carbocycles. The Balaban J connectivity index is 2.50. The van der Waals surface area contributed by atoms with Crippen LogP contribution in [0.25, 0.3) is 6.08 Å². The predicted molar refractivity (Wildman–Crippen MR) is 62.8 cm³/mol. The topological polar surface area (TPSA) is 24.7 Å². The summed E-state index contributed by atoms with van der Waals surface area (Å²) in [6.07, 6.45) is 5.55. The minimum absolute atomic E-state index is 0.953. The van der Waals surface area contributed by atoms with Gasteiger partial charge in [0.25, 0.3) is 0 Å². The van der Waals surface area contributed by atoms with Crippen LogP contribution in [0.2, 0.25) is 0 Å². The molecule has 0 aliphatic rings. The molecule has 0 spiro atoms. The van der Waals surface area contributed by atoms with Gasteiger partial charge < -0.3 is 0 Å². The molecule has 0 saturated heterocycles. The van der Waals surface area contributed by atoms with Gasteiger partial charge in [-0.15, -0.1) is 0 Å². The lowest BCUT2D eigenvalue weighted by molar-refractivity contribution is 1.24. The van der Waals surface area contributed by atoms with Crippen molar-refractivity contribution in [3.8, 4) is 0 Å². The minimum atomic E-state index is 0.953. The van der Waals surface area contributed by atoms with Crippen molar-refractivity contribution in [3.05, 3.63) is 42.0 Å². The summed E-state index contributed by atoms with van der Waals surface area (Å²) in [5.74, 6) is 0. The molecule has 0 aromatic heterocycles. The Labute approximate surface area is 84.7 Å². The zero-order valence-corrected chi connectivity index (χ0v) is 8.51. The van der Waals surface area contributed by atoms with Crippen LogP contribution in [-0.2, 0) is 0 Å². The van der Waals surface area contributed by atoms with Crippen molar-refractivity contribution in [1.82, 2.24) is 0 Å². The van der Waals surface area contributed by atoms with E-state index in [1.54, 1.807) is 6.21 Å². The molecule has 0 N–H and O–H groups in total. The lowest BCUT2D eigenvalue weighted by Crippen LogP contribution is -1.76. The molecule has 0 aliphatic heterocycles. The van der Waals surface area contributed by atoms with E-state index < -0.39 is 0 Å². The van der Waals surface area contributed by atoms with Crippen LogP contribution in [0.3, 0.4) is 0 Å². The fraction of sp³-hybridized carbons (Fsp3) is 0.167. The fourth-order valence-corrected chi connectivity index (χ4v) is 0.906. The van der Waals surface area contributed by atoms with Gasteiger partial charge in [-0.25, -0.2) is 0 Å². The predicted octanol–water partition coefficient (Wildman–Crippen LogP) is 3.17. The van der Waals surface area contributed by atoms with Crippen molar-refractivity contribution in [2.45, 2.75) is 13.8 Å². The standard InChI is InChI=1S/C12H14N2/c1-11(2)14-13-10-6-9-12-7-4-3-5-8-12/h3-10H,1-2H3/b9-6+,13-10+. The van der Waals surface area contributed by atoms with E-state index in [1.165, 1.54) is 0 Å². The third kappa shape index (κ3) is 4.36. The van der Waals surface area contributed by atoms with E-state index in [-0.39, 0.29) is 0 Å². The van der Waals surface area contributed by atoms with Crippen molar-refractivity contribution < 1.29 is 0 Å². The average molecular weight is 186 g/mol. The van der Waals surface area contributed by atoms with Gasteiger partial charge in [-0.3, -0.25) is 0 Å². The highest BCUT2D eigenvalue weighted by Gasteiger charge is 1.79. The largest absolute Gasteiger partial charge is 0.161 e. The third-order valence-corrected chi connectivity index (χ3v) is 1.50. The van der Waals surface area contributed by atoms with Gasteiger partial charge in [0.05, 0.1) is 0 Å². The molecule has 2 nitrogen and oxygen atoms in total. The second-order valence-electron chi connectivity index (χ2n) is 3.08. The molecule has 0 radical (unpaired) electrons. The van der Waals surface area contributed by atoms with Crippen molar-refractivity contribution in [2.24, 2.45) is 10.2 Å². The Bertz CT molecular complexity index is 344. The monoisotopic (exact) mass is 186 g/mol. The van der Waals surface area contributed by atoms with Gasteiger partial charge in [0, 0.05) is 11.9 Å². The molecule has 0 heterocycles. The summed E-state index contributed by atoms with van der Waals surface area (Å²) in [6, 6.07) is 10.1. The van der Waals surface area contributed by atoms with Gasteiger partial charge in [0.15, 0.2) is 0 Å². The molecule has 0 unspecified atom stereocenters. The number of rotatable bonds is 3. The van der Waals surface area contributed by atoms with Crippen LogP contribution in [-0.4, -0.2) is 11.9 Å². The quantitative estimate of drug-likeness (QED) is 0.511. The highest BCUT2D eigenvalue weighted by Crippen LogP contribution is 1.99. The van der Waals surface area contributed by atoms with Gasteiger partial charge in [-0.1, -0.05) is 36.4 Å². The fourth-order valence-electron chi connectivity index (χ4n) is 0.906. The molecule has 0 bridgehead atoms. The summed E-state index contributed by atoms with van der Waals surface area (Å²) < 4.78 is 0. The first kappa shape index (κ1) is 10.4. The second kappa shape index (κ2) is 5.86. The van der Waals surface area contributed by atoms with Gasteiger partial charge in [0.2, 0.25) is 0 Å². The zero-order valence-electron chi connectivity index (χ0n) is 8.51. The summed E-state index contributed by atoms with van der Waals surface area (Å²) in [7, 11) is 0. The van der Waals surface area contributed by atoms with E-state index in [0.29, 0.717) is 0 Å². The molecule has 1 rings (SSSR count). The van der Waals surface area contributed by atoms with Crippen molar-refractivity contribution in [1.29, 1.82) is 0 Å². The summed E-state index contributed by atoms with van der Waals surface area (Å²) in [5, 5.41) is 7.75. The first-order valence-corrected chi connectivity index (χ1v) is 4.55. The summed E-state index contributed by atoms with van der Waals surface area (Å²) >= 11 is 0. The Morgan fingerprint density at radius 1 is 1.14 bits per heavy atom. The van der Waals surface area contributed by atoms with Crippen LogP contribution < -0.4 is 0 Å². The maximum atomic E-state index is 3.89. The van der Waals surface area contributed by atoms with Crippen molar-refractivity contribution in [2.75, 3.05) is 0 Å². The molecule has 72 valence electrons. The second-order valence-corrected chi connectivity index (χ2v) is 3.08. The smallest absolute Gasteiger partial charge is 0.0495 e. The Morgan fingerprint density at radius 2 is 1.86 bits per heavy atom. The van der Waals surface area contributed by atoms with Crippen molar-refractivity contribution >= 4 is 18.0 Å². The van der Waals surface area contributed by atoms with Gasteiger partial charge in [0.1, 0.15) is 0 Å². The Morgan fingerprint density at radius 3 is 2.50 bits per heavy atom. The van der Waals surface area contributed by atoms with Crippen LogP contribution >= 0.6 is 0 Å². The van der Waals surface area contributed by atoms with E-state index >= 15 is 0 Å². The summed E-state index contributed by atoms with van der Waals surface area (Å²) in [4.78, 5) is 0. The summed E-state index contributed by atoms with van der Waals surface area (Å²) in [5.41, 5.74) is 2.12. The number of allylic oxidation sites excluding steroid dienone is 1. The molecule has 1 aromatic carbocycles. The van der Waals surface area contributed by atoms with Crippen LogP contribution in [0.4, 0.5) is 0 Å². The number of nitrogens with zero attached hydrogens (tertiary/aromatic N) is 2. The number of hydrogen-bond donors (Lipinski definition) is 0. The molecule has 0 saturated carbocycles. The molecular weight excluding hydrogens is 172 g/mol. The molecular formula is C12H14N2. The van der Waals surface area contributed by atoms with E-state index in [2.05, 4.69) is 10.2 Å². The first-order valence-electron chi connectivity index (χ1n) is 4.55. The van der Waals surface area contributed by atoms with Gasteiger partial charge in [-0.2, -0.15) is 10.2 Å². The summed E-state index contributed by atoms with van der Waals surface area (Å²) in [6.45, 7) is 3.83. The van der Waals surface area contributed by atoms with Crippen LogP contribution in [0.15, 0.2) is 46.6 Å². The maximum absolute atomic E-state index is 3.89. The Kier molecular flexibility index (Phi) is 4.35. The third-order valence-electron chi connectivity index (χ3n) is 1.50. The Hall–Kier alpha value is -1.70. The number of benzene rings is 1. The van der Waals surface area contributed by atoms with Crippen LogP contribution in [0.5, 0.6) is 0 Å². The minimum Gasteiger partial charge on any atom is -0.161 e. The lowest BCUT2D eigenvalue weighted by atomic mass is 10.2. The van der Waals surface area contributed by atoms with Gasteiger partial charge in [-0.05, 0) is 25.5 Å². The van der Waals surface area contributed by atoms with Crippen molar-refractivity contribution in [3.63, 3.8) is 0 Å². The first-order chi connectivity index (χ1) is 6.79. The molecule has 0 fully saturated rings. The molecule has 14 heavy (non-hydrogen) atoms. The van der Waals surface area contributed by atoms with E-state index in [0.717, 1.165) is 11.3 Å². The normalized spacial score (nSPS) is 11.0. The molecule has 0 amide bonds. The maximum Gasteiger partial charge on any atom is 0.0495 e. The lowest BCUT2D eigenvalue weighted by Gasteiger charge is -1.87. The number of hydrogen-bond acceptors (Lipinski definition) is 2. The zero-order chi connectivity index (χ0) is 10.2. The van der Waals surface area contributed by atoms with Crippen LogP contribution in [0.1, 0.15) is 19.4 Å². The van der Waals surface area contributed by atoms with Gasteiger partial charge >= 0.3 is 0 Å². The van der Waals surface area contributed by atoms with E-state index in [9.17, 15) is 0 Å². The highest BCUT2D eigenvalue weighted by molar-refractivity contribution is 5.81. The van der Waals surface area contributed by atoms with E-state index in [4.69, 9.17) is 0 Å². The molecule has 1 aromatic rings. The SMILES string of the molecule is CC(C)=N/N=C/C=C/c1ccccc1. The average Bonchev–Trinajstić information content (AvgIpc) is 2.18.